The van der Waals surface area contributed by atoms with E-state index in [0.717, 1.165) is 21.4 Å². The van der Waals surface area contributed by atoms with Gasteiger partial charge in [0.2, 0.25) is 0 Å². The van der Waals surface area contributed by atoms with Crippen LogP contribution in [-0.4, -0.2) is 9.97 Å². The molecule has 0 spiro atoms. The first-order valence-electron chi connectivity index (χ1n) is 5.54. The highest BCUT2D eigenvalue weighted by Gasteiger charge is 2.11. The van der Waals surface area contributed by atoms with E-state index >= 15 is 0 Å². The number of rotatable bonds is 3. The van der Waals surface area contributed by atoms with Gasteiger partial charge in [-0.2, -0.15) is 0 Å². The molecule has 0 radical (unpaired) electrons. The molecule has 0 saturated carbocycles. The van der Waals surface area contributed by atoms with Crippen molar-refractivity contribution in [1.82, 2.24) is 9.97 Å². The number of aromatic nitrogens is 2. The van der Waals surface area contributed by atoms with Crippen molar-refractivity contribution in [2.45, 2.75) is 19.4 Å². The highest BCUT2D eigenvalue weighted by atomic mass is 79.9. The Morgan fingerprint density at radius 3 is 2.72 bits per heavy atom. The van der Waals surface area contributed by atoms with E-state index in [-0.39, 0.29) is 11.9 Å². The second-order valence-corrected chi connectivity index (χ2v) is 4.98. The summed E-state index contributed by atoms with van der Waals surface area (Å²) >= 11 is 3.33. The molecule has 0 aliphatic carbocycles. The Morgan fingerprint density at radius 1 is 1.33 bits per heavy atom. The zero-order valence-corrected chi connectivity index (χ0v) is 11.5. The number of hydrogen-bond acceptors (Lipinski definition) is 3. The van der Waals surface area contributed by atoms with Crippen LogP contribution in [0.3, 0.4) is 0 Å². The van der Waals surface area contributed by atoms with Crippen molar-refractivity contribution in [1.29, 1.82) is 0 Å². The second kappa shape index (κ2) is 5.54. The molecule has 3 nitrogen and oxygen atoms in total. The summed E-state index contributed by atoms with van der Waals surface area (Å²) in [6.07, 6.45) is 3.95. The zero-order chi connectivity index (χ0) is 13.1. The fraction of sp³-hybridized carbons (Fsp3) is 0.231. The van der Waals surface area contributed by atoms with E-state index in [2.05, 4.69) is 25.9 Å². The average Bonchev–Trinajstić information content (AvgIpc) is 2.33. The number of benzene rings is 1. The highest BCUT2D eigenvalue weighted by Crippen LogP contribution is 2.22. The predicted octanol–water partition coefficient (Wildman–Crippen LogP) is 2.93. The minimum Gasteiger partial charge on any atom is -0.322 e. The smallest absolute Gasteiger partial charge is 0.124 e. The molecule has 2 aromatic rings. The van der Waals surface area contributed by atoms with E-state index in [4.69, 9.17) is 5.73 Å². The van der Waals surface area contributed by atoms with Crippen LogP contribution < -0.4 is 5.73 Å². The Hall–Kier alpha value is -1.33. The van der Waals surface area contributed by atoms with Crippen molar-refractivity contribution in [2.75, 3.05) is 0 Å². The molecule has 0 fully saturated rings. The van der Waals surface area contributed by atoms with Crippen molar-refractivity contribution in [3.8, 4) is 0 Å². The van der Waals surface area contributed by atoms with Gasteiger partial charge in [0.05, 0.1) is 23.6 Å². The number of nitrogens with two attached hydrogens (primary N) is 1. The van der Waals surface area contributed by atoms with Gasteiger partial charge in [-0.3, -0.25) is 9.97 Å². The van der Waals surface area contributed by atoms with Gasteiger partial charge >= 0.3 is 0 Å². The summed E-state index contributed by atoms with van der Waals surface area (Å²) in [4.78, 5) is 8.41. The zero-order valence-electron chi connectivity index (χ0n) is 9.90. The maximum absolute atomic E-state index is 13.0. The Kier molecular flexibility index (Phi) is 4.04. The Bertz CT molecular complexity index is 542. The van der Waals surface area contributed by atoms with E-state index in [9.17, 15) is 4.39 Å². The van der Waals surface area contributed by atoms with Gasteiger partial charge in [0, 0.05) is 10.7 Å². The molecule has 1 unspecified atom stereocenters. The average molecular weight is 310 g/mol. The molecule has 0 amide bonds. The molecule has 1 atom stereocenters. The van der Waals surface area contributed by atoms with Crippen LogP contribution in [0.25, 0.3) is 0 Å². The molecule has 0 aliphatic heterocycles. The number of halogens is 2. The van der Waals surface area contributed by atoms with Gasteiger partial charge < -0.3 is 5.73 Å². The lowest BCUT2D eigenvalue weighted by atomic mass is 10.0. The van der Waals surface area contributed by atoms with Gasteiger partial charge in [-0.25, -0.2) is 4.39 Å². The van der Waals surface area contributed by atoms with Crippen molar-refractivity contribution < 1.29 is 4.39 Å². The van der Waals surface area contributed by atoms with Crippen LogP contribution in [-0.2, 0) is 6.42 Å². The molecule has 2 N–H and O–H groups in total. The number of aryl methyl sites for hydroxylation is 1. The van der Waals surface area contributed by atoms with Crippen LogP contribution in [0.5, 0.6) is 0 Å². The minimum absolute atomic E-state index is 0.250. The van der Waals surface area contributed by atoms with Crippen molar-refractivity contribution in [2.24, 2.45) is 5.73 Å². The first-order chi connectivity index (χ1) is 8.56. The molecule has 1 aromatic heterocycles. The topological polar surface area (TPSA) is 51.8 Å². The summed E-state index contributed by atoms with van der Waals surface area (Å²) in [6, 6.07) is 4.33. The summed E-state index contributed by atoms with van der Waals surface area (Å²) in [7, 11) is 0. The third-order valence-corrected chi connectivity index (χ3v) is 3.37. The molecule has 18 heavy (non-hydrogen) atoms. The minimum atomic E-state index is -0.269. The van der Waals surface area contributed by atoms with Gasteiger partial charge in [0.1, 0.15) is 5.82 Å². The van der Waals surface area contributed by atoms with E-state index in [1.54, 1.807) is 18.5 Å². The van der Waals surface area contributed by atoms with Gasteiger partial charge in [0.15, 0.2) is 0 Å². The van der Waals surface area contributed by atoms with Crippen molar-refractivity contribution >= 4 is 15.9 Å². The first-order valence-corrected chi connectivity index (χ1v) is 6.33. The van der Waals surface area contributed by atoms with E-state index in [1.165, 1.54) is 12.1 Å². The van der Waals surface area contributed by atoms with Crippen molar-refractivity contribution in [3.05, 3.63) is 57.8 Å². The fourth-order valence-electron chi connectivity index (χ4n) is 1.62. The third-order valence-electron chi connectivity index (χ3n) is 2.64. The number of hydrogen-bond donors (Lipinski definition) is 1. The first kappa shape index (κ1) is 13.1. The van der Waals surface area contributed by atoms with E-state index in [1.807, 2.05) is 6.92 Å². The molecule has 0 bridgehead atoms. The monoisotopic (exact) mass is 309 g/mol. The highest BCUT2D eigenvalue weighted by molar-refractivity contribution is 9.10. The van der Waals surface area contributed by atoms with Crippen LogP contribution in [0, 0.1) is 12.7 Å². The summed E-state index contributed by atoms with van der Waals surface area (Å²) in [5.41, 5.74) is 8.61. The van der Waals surface area contributed by atoms with Crippen molar-refractivity contribution in [3.63, 3.8) is 0 Å². The molecule has 0 aliphatic rings. The normalized spacial score (nSPS) is 12.4. The predicted molar refractivity (Wildman–Crippen MR) is 71.5 cm³/mol. The quantitative estimate of drug-likeness (QED) is 0.948. The molecule has 5 heteroatoms. The summed E-state index contributed by atoms with van der Waals surface area (Å²) in [5, 5.41) is 0. The Morgan fingerprint density at radius 2 is 2.11 bits per heavy atom. The van der Waals surface area contributed by atoms with Gasteiger partial charge in [-0.1, -0.05) is 22.0 Å². The molecule has 94 valence electrons. The summed E-state index contributed by atoms with van der Waals surface area (Å²) in [5.74, 6) is -0.269. The Labute approximate surface area is 113 Å². The van der Waals surface area contributed by atoms with Crippen LogP contribution >= 0.6 is 15.9 Å². The molecular formula is C13H13BrFN3. The molecule has 1 aromatic carbocycles. The van der Waals surface area contributed by atoms with E-state index in [0.29, 0.717) is 6.42 Å². The SMILES string of the molecule is Cc1cnc(C(N)Cc2ccc(F)cc2Br)cn1. The molecule has 0 saturated heterocycles. The fourth-order valence-corrected chi connectivity index (χ4v) is 2.14. The largest absolute Gasteiger partial charge is 0.322 e. The van der Waals surface area contributed by atoms with Crippen LogP contribution in [0.2, 0.25) is 0 Å². The standard InChI is InChI=1S/C13H13BrFN3/c1-8-6-18-13(7-17-8)12(16)4-9-2-3-10(15)5-11(9)14/h2-3,5-7,12H,4,16H2,1H3. The van der Waals surface area contributed by atoms with Crippen LogP contribution in [0.4, 0.5) is 4.39 Å². The maximum Gasteiger partial charge on any atom is 0.124 e. The van der Waals surface area contributed by atoms with E-state index < -0.39 is 0 Å². The lowest BCUT2D eigenvalue weighted by molar-refractivity contribution is 0.623. The molecular weight excluding hydrogens is 297 g/mol. The maximum atomic E-state index is 13.0. The summed E-state index contributed by atoms with van der Waals surface area (Å²) < 4.78 is 13.7. The van der Waals surface area contributed by atoms with Crippen LogP contribution in [0.1, 0.15) is 23.0 Å². The number of nitrogens with zero attached hydrogens (tertiary/aromatic N) is 2. The van der Waals surface area contributed by atoms with Gasteiger partial charge in [-0.15, -0.1) is 0 Å². The van der Waals surface area contributed by atoms with Crippen LogP contribution in [0.15, 0.2) is 35.1 Å². The lowest BCUT2D eigenvalue weighted by Crippen LogP contribution is -2.15. The lowest BCUT2D eigenvalue weighted by Gasteiger charge is -2.12. The second-order valence-electron chi connectivity index (χ2n) is 4.13. The molecule has 1 heterocycles. The third kappa shape index (κ3) is 3.11. The van der Waals surface area contributed by atoms with Gasteiger partial charge in [-0.05, 0) is 31.0 Å². The molecule has 2 rings (SSSR count). The summed E-state index contributed by atoms with van der Waals surface area (Å²) in [6.45, 7) is 1.87. The van der Waals surface area contributed by atoms with Gasteiger partial charge in [0.25, 0.3) is 0 Å². The Balaban J connectivity index is 2.15.